The Labute approximate surface area is 124 Å². The van der Waals surface area contributed by atoms with E-state index in [0.717, 1.165) is 0 Å². The highest BCUT2D eigenvalue weighted by Gasteiger charge is 2.31. The van der Waals surface area contributed by atoms with E-state index in [0.29, 0.717) is 6.42 Å². The third kappa shape index (κ3) is 9.84. The molecule has 3 N–H and O–H groups in total. The van der Waals surface area contributed by atoms with Gasteiger partial charge >= 0.3 is 18.1 Å². The van der Waals surface area contributed by atoms with Crippen molar-refractivity contribution in [3.8, 4) is 0 Å². The second kappa shape index (κ2) is 7.40. The van der Waals surface area contributed by atoms with Crippen LogP contribution < -0.4 is 5.73 Å². The van der Waals surface area contributed by atoms with E-state index in [1.165, 1.54) is 0 Å². The molecule has 122 valence electrons. The van der Waals surface area contributed by atoms with Gasteiger partial charge < -0.3 is 20.3 Å². The predicted molar refractivity (Wildman–Crippen MR) is 75.6 cm³/mol. The molecule has 7 nitrogen and oxygen atoms in total. The van der Waals surface area contributed by atoms with E-state index in [2.05, 4.69) is 4.74 Å². The fourth-order valence-electron chi connectivity index (χ4n) is 2.11. The molecule has 0 aliphatic rings. The maximum absolute atomic E-state index is 11.6. The summed E-state index contributed by atoms with van der Waals surface area (Å²) in [5.41, 5.74) is 4.58. The summed E-state index contributed by atoms with van der Waals surface area (Å²) in [5, 5.41) is 8.49. The maximum atomic E-state index is 11.6. The van der Waals surface area contributed by atoms with Crippen molar-refractivity contribution in [2.75, 3.05) is 0 Å². The molecule has 0 aromatic rings. The molecule has 0 rings (SSSR count). The number of nitrogens with two attached hydrogens (primary N) is 1. The Morgan fingerprint density at radius 3 is 2.10 bits per heavy atom. The van der Waals surface area contributed by atoms with Crippen molar-refractivity contribution in [3.63, 3.8) is 0 Å². The molecular weight excluding hydrogens is 278 g/mol. The Balaban J connectivity index is 4.36. The number of carboxylic acids is 1. The molecule has 7 heteroatoms. The summed E-state index contributed by atoms with van der Waals surface area (Å²) in [7, 11) is 0. The number of rotatable bonds is 6. The van der Waals surface area contributed by atoms with Gasteiger partial charge in [-0.15, -0.1) is 0 Å². The van der Waals surface area contributed by atoms with Crippen LogP contribution in [0.5, 0.6) is 0 Å². The summed E-state index contributed by atoms with van der Waals surface area (Å²) < 4.78 is 9.58. The lowest BCUT2D eigenvalue weighted by Crippen LogP contribution is -2.38. The van der Waals surface area contributed by atoms with E-state index < -0.39 is 29.7 Å². The largest absolute Gasteiger partial charge is 0.516 e. The van der Waals surface area contributed by atoms with Gasteiger partial charge in [-0.25, -0.2) is 9.59 Å². The zero-order valence-electron chi connectivity index (χ0n) is 13.3. The van der Waals surface area contributed by atoms with Gasteiger partial charge in [-0.05, 0) is 32.1 Å². The van der Waals surface area contributed by atoms with Crippen LogP contribution in [0.2, 0.25) is 0 Å². The van der Waals surface area contributed by atoms with E-state index in [4.69, 9.17) is 15.6 Å². The van der Waals surface area contributed by atoms with Crippen LogP contribution in [-0.4, -0.2) is 34.8 Å². The summed E-state index contributed by atoms with van der Waals surface area (Å²) in [5.74, 6) is -2.07. The predicted octanol–water partition coefficient (Wildman–Crippen LogP) is 2.07. The lowest BCUT2D eigenvalue weighted by atomic mass is 9.84. The first-order valence-corrected chi connectivity index (χ1v) is 6.74. The fraction of sp³-hybridized carbons (Fsp3) is 0.786. The monoisotopic (exact) mass is 303 g/mol. The van der Waals surface area contributed by atoms with Gasteiger partial charge in [0, 0.05) is 6.42 Å². The number of aliphatic carboxylic acids is 1. The van der Waals surface area contributed by atoms with Crippen molar-refractivity contribution in [3.05, 3.63) is 0 Å². The molecule has 0 aliphatic heterocycles. The Morgan fingerprint density at radius 1 is 1.14 bits per heavy atom. The summed E-state index contributed by atoms with van der Waals surface area (Å²) in [6.45, 7) is 9.42. The van der Waals surface area contributed by atoms with E-state index in [-0.39, 0.29) is 18.3 Å². The van der Waals surface area contributed by atoms with Gasteiger partial charge in [0.1, 0.15) is 11.6 Å². The Kier molecular flexibility index (Phi) is 6.82. The third-order valence-corrected chi connectivity index (χ3v) is 2.47. The Morgan fingerprint density at radius 2 is 1.67 bits per heavy atom. The molecule has 0 unspecified atom stereocenters. The van der Waals surface area contributed by atoms with E-state index in [1.807, 2.05) is 20.8 Å². The highest BCUT2D eigenvalue weighted by atomic mass is 16.7. The number of carboxylic acid groups (broad SMARTS) is 1. The molecule has 0 amide bonds. The number of esters is 1. The number of hydrogen-bond donors (Lipinski definition) is 2. The second-order valence-corrected chi connectivity index (χ2v) is 6.81. The smallest absolute Gasteiger partial charge is 0.481 e. The van der Waals surface area contributed by atoms with Crippen molar-refractivity contribution < 1.29 is 29.0 Å². The van der Waals surface area contributed by atoms with Crippen molar-refractivity contribution in [2.24, 2.45) is 11.1 Å². The molecule has 0 spiro atoms. The molecule has 0 aromatic heterocycles. The van der Waals surface area contributed by atoms with Crippen LogP contribution >= 0.6 is 0 Å². The fourth-order valence-corrected chi connectivity index (χ4v) is 2.11. The minimum Gasteiger partial charge on any atom is -0.481 e. The van der Waals surface area contributed by atoms with Gasteiger partial charge in [0.05, 0.1) is 0 Å². The Bertz CT molecular complexity index is 397. The standard InChI is InChI=1S/C14H25NO6/c1-13(2,3)8-14(4,5)21-12(19)20-11(18)9(15)6-7-10(16)17/h9H,6-8,15H2,1-5H3,(H,16,17)/t9-/m1/s1. The summed E-state index contributed by atoms with van der Waals surface area (Å²) in [6.07, 6.45) is -0.929. The first-order chi connectivity index (χ1) is 9.32. The number of ether oxygens (including phenoxy) is 2. The molecule has 0 saturated carbocycles. The average molecular weight is 303 g/mol. The molecule has 0 heterocycles. The molecule has 0 bridgehead atoms. The quantitative estimate of drug-likeness (QED) is 0.570. The summed E-state index contributed by atoms with van der Waals surface area (Å²) in [4.78, 5) is 33.4. The summed E-state index contributed by atoms with van der Waals surface area (Å²) >= 11 is 0. The zero-order chi connectivity index (χ0) is 16.8. The lowest BCUT2D eigenvalue weighted by molar-refractivity contribution is -0.144. The molecular formula is C14H25NO6. The van der Waals surface area contributed by atoms with Crippen molar-refractivity contribution >= 4 is 18.1 Å². The molecule has 0 aliphatic carbocycles. The number of carbonyl (C=O) groups excluding carboxylic acids is 2. The molecule has 0 radical (unpaired) electrons. The molecule has 0 fully saturated rings. The minimum atomic E-state index is -1.17. The van der Waals surface area contributed by atoms with Gasteiger partial charge in [-0.2, -0.15) is 0 Å². The molecule has 0 saturated heterocycles. The van der Waals surface area contributed by atoms with Crippen LogP contribution in [0.4, 0.5) is 4.79 Å². The van der Waals surface area contributed by atoms with Crippen molar-refractivity contribution in [1.82, 2.24) is 0 Å². The third-order valence-electron chi connectivity index (χ3n) is 2.47. The van der Waals surface area contributed by atoms with E-state index >= 15 is 0 Å². The number of carbonyl (C=O) groups is 3. The maximum Gasteiger partial charge on any atom is 0.516 e. The first-order valence-electron chi connectivity index (χ1n) is 6.74. The lowest BCUT2D eigenvalue weighted by Gasteiger charge is -2.31. The normalized spacial score (nSPS) is 13.4. The van der Waals surface area contributed by atoms with Gasteiger partial charge in [-0.1, -0.05) is 20.8 Å². The van der Waals surface area contributed by atoms with Crippen LogP contribution in [-0.2, 0) is 19.1 Å². The Hall–Kier alpha value is -1.63. The topological polar surface area (TPSA) is 116 Å². The number of hydrogen-bond acceptors (Lipinski definition) is 6. The summed E-state index contributed by atoms with van der Waals surface area (Å²) in [6, 6.07) is -1.17. The van der Waals surface area contributed by atoms with Gasteiger partial charge in [-0.3, -0.25) is 4.79 Å². The second-order valence-electron chi connectivity index (χ2n) is 6.81. The van der Waals surface area contributed by atoms with Crippen LogP contribution in [0.3, 0.4) is 0 Å². The van der Waals surface area contributed by atoms with Crippen LogP contribution in [0.15, 0.2) is 0 Å². The van der Waals surface area contributed by atoms with Crippen molar-refractivity contribution in [1.29, 1.82) is 0 Å². The average Bonchev–Trinajstić information content (AvgIpc) is 2.20. The first kappa shape index (κ1) is 19.4. The SMILES string of the molecule is CC(C)(C)CC(C)(C)OC(=O)OC(=O)[C@H](N)CCC(=O)O. The van der Waals surface area contributed by atoms with Gasteiger partial charge in [0.2, 0.25) is 0 Å². The minimum absolute atomic E-state index is 0.0638. The molecule has 0 aromatic carbocycles. The zero-order valence-corrected chi connectivity index (χ0v) is 13.3. The van der Waals surface area contributed by atoms with Crippen LogP contribution in [0.1, 0.15) is 53.9 Å². The highest BCUT2D eigenvalue weighted by Crippen LogP contribution is 2.29. The van der Waals surface area contributed by atoms with Crippen LogP contribution in [0, 0.1) is 5.41 Å². The van der Waals surface area contributed by atoms with Gasteiger partial charge in [0.15, 0.2) is 0 Å². The molecule has 1 atom stereocenters. The van der Waals surface area contributed by atoms with Crippen LogP contribution in [0.25, 0.3) is 0 Å². The highest BCUT2D eigenvalue weighted by molar-refractivity contribution is 5.85. The molecule has 21 heavy (non-hydrogen) atoms. The van der Waals surface area contributed by atoms with Gasteiger partial charge in [0.25, 0.3) is 0 Å². The van der Waals surface area contributed by atoms with E-state index in [9.17, 15) is 14.4 Å². The van der Waals surface area contributed by atoms with E-state index in [1.54, 1.807) is 13.8 Å². The van der Waals surface area contributed by atoms with Crippen molar-refractivity contribution in [2.45, 2.75) is 65.5 Å².